The van der Waals surface area contributed by atoms with Crippen LogP contribution in [0.5, 0.6) is 0 Å². The molecule has 0 saturated heterocycles. The van der Waals surface area contributed by atoms with Crippen LogP contribution in [0.2, 0.25) is 0 Å². The fourth-order valence-corrected chi connectivity index (χ4v) is 2.12. The van der Waals surface area contributed by atoms with Gasteiger partial charge in [0.25, 0.3) is 5.69 Å². The summed E-state index contributed by atoms with van der Waals surface area (Å²) < 4.78 is 5.65. The fourth-order valence-electron chi connectivity index (χ4n) is 2.12. The molecule has 0 aliphatic heterocycles. The molecule has 0 bridgehead atoms. The maximum absolute atomic E-state index is 10.6. The van der Waals surface area contributed by atoms with Crippen molar-refractivity contribution in [2.24, 2.45) is 4.99 Å². The molecule has 3 rings (SSSR count). The summed E-state index contributed by atoms with van der Waals surface area (Å²) in [6.45, 7) is 0. The Morgan fingerprint density at radius 3 is 2.46 bits per heavy atom. The molecule has 0 N–H and O–H groups in total. The highest BCUT2D eigenvalue weighted by Crippen LogP contribution is 2.30. The van der Waals surface area contributed by atoms with Crippen LogP contribution in [0.1, 0.15) is 11.1 Å². The Morgan fingerprint density at radius 2 is 1.83 bits per heavy atom. The number of furan rings is 1. The quantitative estimate of drug-likeness (QED) is 0.403. The molecule has 0 radical (unpaired) electrons. The summed E-state index contributed by atoms with van der Waals surface area (Å²) in [4.78, 5) is 14.4. The molecule has 116 valence electrons. The van der Waals surface area contributed by atoms with Crippen LogP contribution >= 0.6 is 0 Å². The minimum absolute atomic E-state index is 0.00854. The molecule has 1 aromatic heterocycles. The molecule has 0 spiro atoms. The summed E-state index contributed by atoms with van der Waals surface area (Å²) in [5.74, 6) is 0.762. The number of rotatable bonds is 4. The first-order valence-corrected chi connectivity index (χ1v) is 7.05. The summed E-state index contributed by atoms with van der Waals surface area (Å²) in [5, 5.41) is 19.8. The molecule has 0 aliphatic carbocycles. The number of nitriles is 1. The monoisotopic (exact) mass is 317 g/mol. The van der Waals surface area contributed by atoms with Gasteiger partial charge in [-0.05, 0) is 17.7 Å². The molecule has 0 fully saturated rings. The van der Waals surface area contributed by atoms with Crippen LogP contribution in [0, 0.1) is 21.4 Å². The van der Waals surface area contributed by atoms with E-state index < -0.39 is 4.92 Å². The summed E-state index contributed by atoms with van der Waals surface area (Å²) in [6.07, 6.45) is 1.50. The first-order valence-electron chi connectivity index (χ1n) is 7.05. The largest absolute Gasteiger partial charge is 0.437 e. The second kappa shape index (κ2) is 6.58. The zero-order chi connectivity index (χ0) is 16.9. The van der Waals surface area contributed by atoms with Crippen LogP contribution in [0.4, 0.5) is 11.6 Å². The zero-order valence-electron chi connectivity index (χ0n) is 12.4. The lowest BCUT2D eigenvalue weighted by molar-refractivity contribution is -0.384. The van der Waals surface area contributed by atoms with E-state index >= 15 is 0 Å². The lowest BCUT2D eigenvalue weighted by Gasteiger charge is -1.95. The minimum Gasteiger partial charge on any atom is -0.437 e. The molecule has 0 unspecified atom stereocenters. The van der Waals surface area contributed by atoms with Crippen molar-refractivity contribution in [2.75, 3.05) is 0 Å². The van der Waals surface area contributed by atoms with Crippen molar-refractivity contribution in [3.05, 3.63) is 81.9 Å². The molecule has 0 saturated carbocycles. The number of aliphatic imine (C=N–C) groups is 1. The Bertz CT molecular complexity index is 936. The standard InChI is InChI=1S/C18H11N3O3/c19-11-15-10-17(14-4-2-1-3-5-14)24-18(15)20-12-13-6-8-16(9-7-13)21(22)23/h1-10,12H/b20-12+. The Balaban J connectivity index is 1.88. The van der Waals surface area contributed by atoms with E-state index in [1.54, 1.807) is 18.2 Å². The van der Waals surface area contributed by atoms with Crippen LogP contribution < -0.4 is 0 Å². The normalized spacial score (nSPS) is 10.6. The molecule has 6 nitrogen and oxygen atoms in total. The van der Waals surface area contributed by atoms with Gasteiger partial charge in [0.1, 0.15) is 17.4 Å². The van der Waals surface area contributed by atoms with Crippen LogP contribution in [0.25, 0.3) is 11.3 Å². The number of nitrogens with zero attached hydrogens (tertiary/aromatic N) is 3. The summed E-state index contributed by atoms with van der Waals surface area (Å²) in [7, 11) is 0. The molecule has 0 amide bonds. The van der Waals surface area contributed by atoms with Crippen molar-refractivity contribution >= 4 is 17.8 Å². The minimum atomic E-state index is -0.465. The molecule has 3 aromatic rings. The van der Waals surface area contributed by atoms with Gasteiger partial charge in [-0.2, -0.15) is 5.26 Å². The van der Waals surface area contributed by atoms with Gasteiger partial charge in [0.05, 0.1) is 4.92 Å². The van der Waals surface area contributed by atoms with Crippen molar-refractivity contribution in [1.82, 2.24) is 0 Å². The predicted molar refractivity (Wildman–Crippen MR) is 89.2 cm³/mol. The number of non-ortho nitro benzene ring substituents is 1. The highest BCUT2D eigenvalue weighted by Gasteiger charge is 2.11. The lowest BCUT2D eigenvalue weighted by atomic mass is 10.1. The third-order valence-electron chi connectivity index (χ3n) is 3.33. The highest BCUT2D eigenvalue weighted by molar-refractivity contribution is 5.82. The number of hydrogen-bond acceptors (Lipinski definition) is 5. The van der Waals surface area contributed by atoms with Crippen LogP contribution in [-0.2, 0) is 0 Å². The number of hydrogen-bond donors (Lipinski definition) is 0. The van der Waals surface area contributed by atoms with Gasteiger partial charge in [0.15, 0.2) is 0 Å². The van der Waals surface area contributed by atoms with Gasteiger partial charge in [-0.3, -0.25) is 10.1 Å². The molecule has 0 aliphatic rings. The van der Waals surface area contributed by atoms with Crippen molar-refractivity contribution in [3.8, 4) is 17.4 Å². The van der Waals surface area contributed by atoms with Gasteiger partial charge in [-0.1, -0.05) is 30.3 Å². The number of benzene rings is 2. The van der Waals surface area contributed by atoms with Crippen LogP contribution in [-0.4, -0.2) is 11.1 Å². The topological polar surface area (TPSA) is 92.4 Å². The van der Waals surface area contributed by atoms with Gasteiger partial charge >= 0.3 is 0 Å². The average molecular weight is 317 g/mol. The van der Waals surface area contributed by atoms with Crippen molar-refractivity contribution < 1.29 is 9.34 Å². The van der Waals surface area contributed by atoms with Crippen molar-refractivity contribution in [3.63, 3.8) is 0 Å². The lowest BCUT2D eigenvalue weighted by Crippen LogP contribution is -1.88. The second-order valence-electron chi connectivity index (χ2n) is 4.91. The first kappa shape index (κ1) is 15.2. The molecule has 6 heteroatoms. The number of nitro benzene ring substituents is 1. The smallest absolute Gasteiger partial charge is 0.269 e. The van der Waals surface area contributed by atoms with E-state index in [1.807, 2.05) is 36.4 Å². The Kier molecular flexibility index (Phi) is 4.17. The van der Waals surface area contributed by atoms with E-state index in [0.29, 0.717) is 16.9 Å². The van der Waals surface area contributed by atoms with Gasteiger partial charge in [-0.25, -0.2) is 4.99 Å². The Labute approximate surface area is 137 Å². The van der Waals surface area contributed by atoms with E-state index in [0.717, 1.165) is 5.56 Å². The van der Waals surface area contributed by atoms with Gasteiger partial charge < -0.3 is 4.42 Å². The van der Waals surface area contributed by atoms with E-state index in [2.05, 4.69) is 4.99 Å². The van der Waals surface area contributed by atoms with Gasteiger partial charge in [0, 0.05) is 30.0 Å². The fraction of sp³-hybridized carbons (Fsp3) is 0. The maximum atomic E-state index is 10.6. The van der Waals surface area contributed by atoms with Crippen LogP contribution in [0.3, 0.4) is 0 Å². The maximum Gasteiger partial charge on any atom is 0.269 e. The van der Waals surface area contributed by atoms with E-state index in [9.17, 15) is 15.4 Å². The summed E-state index contributed by atoms with van der Waals surface area (Å²) >= 11 is 0. The van der Waals surface area contributed by atoms with Crippen molar-refractivity contribution in [2.45, 2.75) is 0 Å². The van der Waals surface area contributed by atoms with E-state index in [1.165, 1.54) is 18.3 Å². The molecule has 1 heterocycles. The predicted octanol–water partition coefficient (Wildman–Crippen LogP) is 4.48. The highest BCUT2D eigenvalue weighted by atomic mass is 16.6. The van der Waals surface area contributed by atoms with E-state index in [4.69, 9.17) is 4.42 Å². The van der Waals surface area contributed by atoms with Gasteiger partial charge in [0.2, 0.25) is 5.88 Å². The molecule has 24 heavy (non-hydrogen) atoms. The van der Waals surface area contributed by atoms with Crippen LogP contribution in [0.15, 0.2) is 70.1 Å². The van der Waals surface area contributed by atoms with Crippen molar-refractivity contribution in [1.29, 1.82) is 5.26 Å². The third-order valence-corrected chi connectivity index (χ3v) is 3.33. The van der Waals surface area contributed by atoms with Gasteiger partial charge in [-0.15, -0.1) is 0 Å². The van der Waals surface area contributed by atoms with E-state index in [-0.39, 0.29) is 11.6 Å². The molecule has 0 atom stereocenters. The summed E-state index contributed by atoms with van der Waals surface area (Å²) in [6, 6.07) is 19.0. The average Bonchev–Trinajstić information content (AvgIpc) is 3.04. The zero-order valence-corrected chi connectivity index (χ0v) is 12.4. The third kappa shape index (κ3) is 3.20. The first-order chi connectivity index (χ1) is 11.7. The SMILES string of the molecule is N#Cc1cc(-c2ccccc2)oc1/N=C/c1ccc([N+](=O)[O-])cc1. The molecular weight excluding hydrogens is 306 g/mol. The summed E-state index contributed by atoms with van der Waals surface area (Å²) in [5.41, 5.74) is 1.86. The number of nitro groups is 1. The molecular formula is C18H11N3O3. The Morgan fingerprint density at radius 1 is 1.12 bits per heavy atom. The molecule has 2 aromatic carbocycles. The second-order valence-corrected chi connectivity index (χ2v) is 4.91. The Hall–Kier alpha value is -3.72.